The highest BCUT2D eigenvalue weighted by Gasteiger charge is 2.41. The van der Waals surface area contributed by atoms with Gasteiger partial charge in [-0.1, -0.05) is 0 Å². The Morgan fingerprint density at radius 1 is 1.32 bits per heavy atom. The zero-order valence-electron chi connectivity index (χ0n) is 14.6. The van der Waals surface area contributed by atoms with Crippen molar-refractivity contribution in [1.82, 2.24) is 15.3 Å². The molecule has 7 nitrogen and oxygen atoms in total. The Morgan fingerprint density at radius 3 is 2.84 bits per heavy atom. The second kappa shape index (κ2) is 6.88. The Kier molecular flexibility index (Phi) is 4.60. The minimum atomic E-state index is -0.632. The summed E-state index contributed by atoms with van der Waals surface area (Å²) < 4.78 is 5.44. The normalized spacial score (nSPS) is 26.3. The summed E-state index contributed by atoms with van der Waals surface area (Å²) in [6.45, 7) is 3.23. The fraction of sp³-hybridized carbons (Fsp3) is 0.722. The van der Waals surface area contributed by atoms with Gasteiger partial charge in [0.1, 0.15) is 0 Å². The van der Waals surface area contributed by atoms with Gasteiger partial charge in [0.15, 0.2) is 0 Å². The van der Waals surface area contributed by atoms with E-state index in [4.69, 9.17) is 15.5 Å². The number of carbonyl (C=O) groups is 1. The van der Waals surface area contributed by atoms with E-state index in [1.54, 1.807) is 0 Å². The molecule has 3 N–H and O–H groups in total. The number of rotatable bonds is 4. The van der Waals surface area contributed by atoms with Crippen LogP contribution in [0.1, 0.15) is 50.1 Å². The Balaban J connectivity index is 1.37. The smallest absolute Gasteiger partial charge is 0.240 e. The lowest BCUT2D eigenvalue weighted by Crippen LogP contribution is -2.60. The van der Waals surface area contributed by atoms with E-state index in [9.17, 15) is 4.79 Å². The lowest BCUT2D eigenvalue weighted by molar-refractivity contribution is -0.129. The van der Waals surface area contributed by atoms with E-state index >= 15 is 0 Å². The molecular formula is C18H27N5O2. The molecule has 1 unspecified atom stereocenters. The van der Waals surface area contributed by atoms with Gasteiger partial charge in [-0.15, -0.1) is 0 Å². The zero-order valence-corrected chi connectivity index (χ0v) is 14.6. The highest BCUT2D eigenvalue weighted by atomic mass is 16.5. The van der Waals surface area contributed by atoms with Crippen LogP contribution in [-0.2, 0) is 9.53 Å². The number of ether oxygens (including phenoxy) is 1. The van der Waals surface area contributed by atoms with Crippen molar-refractivity contribution in [2.75, 3.05) is 31.2 Å². The minimum Gasteiger partial charge on any atom is -0.381 e. The summed E-state index contributed by atoms with van der Waals surface area (Å²) in [6, 6.07) is 2.15. The number of hydrogen-bond acceptors (Lipinski definition) is 6. The molecule has 2 saturated heterocycles. The number of nitrogens with zero attached hydrogens (tertiary/aromatic N) is 3. The molecule has 25 heavy (non-hydrogen) atoms. The summed E-state index contributed by atoms with van der Waals surface area (Å²) in [7, 11) is 0. The van der Waals surface area contributed by atoms with E-state index < -0.39 is 5.54 Å². The third kappa shape index (κ3) is 3.48. The van der Waals surface area contributed by atoms with Gasteiger partial charge >= 0.3 is 0 Å². The van der Waals surface area contributed by atoms with Gasteiger partial charge in [-0.2, -0.15) is 0 Å². The van der Waals surface area contributed by atoms with Crippen LogP contribution < -0.4 is 16.0 Å². The van der Waals surface area contributed by atoms with Crippen LogP contribution >= 0.6 is 0 Å². The molecule has 0 spiro atoms. The van der Waals surface area contributed by atoms with Crippen LogP contribution in [0.15, 0.2) is 12.3 Å². The number of nitrogens with two attached hydrogens (primary N) is 1. The Hall–Kier alpha value is -1.73. The lowest BCUT2D eigenvalue weighted by atomic mass is 9.77. The Labute approximate surface area is 148 Å². The van der Waals surface area contributed by atoms with Gasteiger partial charge in [-0.05, 0) is 44.6 Å². The first kappa shape index (κ1) is 16.7. The fourth-order valence-corrected chi connectivity index (χ4v) is 3.91. The van der Waals surface area contributed by atoms with E-state index in [1.165, 1.54) is 0 Å². The average Bonchev–Trinajstić information content (AvgIpc) is 3.09. The third-order valence-electron chi connectivity index (χ3n) is 5.81. The topological polar surface area (TPSA) is 93.4 Å². The maximum atomic E-state index is 12.3. The number of anilines is 1. The van der Waals surface area contributed by atoms with Gasteiger partial charge in [0.25, 0.3) is 0 Å². The third-order valence-corrected chi connectivity index (χ3v) is 5.81. The largest absolute Gasteiger partial charge is 0.381 e. The highest BCUT2D eigenvalue weighted by molar-refractivity contribution is 5.87. The number of aromatic nitrogens is 2. The van der Waals surface area contributed by atoms with Crippen LogP contribution in [-0.4, -0.2) is 53.8 Å². The lowest BCUT2D eigenvalue weighted by Gasteiger charge is -2.37. The predicted octanol–water partition coefficient (Wildman–Crippen LogP) is 0.947. The number of amides is 1. The van der Waals surface area contributed by atoms with Crippen molar-refractivity contribution in [1.29, 1.82) is 0 Å². The summed E-state index contributed by atoms with van der Waals surface area (Å²) in [4.78, 5) is 23.7. The molecule has 3 fully saturated rings. The second-order valence-electron chi connectivity index (χ2n) is 7.58. The Bertz CT molecular complexity index is 628. The van der Waals surface area contributed by atoms with Gasteiger partial charge in [-0.3, -0.25) is 4.79 Å². The van der Waals surface area contributed by atoms with Gasteiger partial charge in [-0.25, -0.2) is 9.97 Å². The van der Waals surface area contributed by atoms with Crippen molar-refractivity contribution in [3.05, 3.63) is 18.0 Å². The van der Waals surface area contributed by atoms with Crippen molar-refractivity contribution < 1.29 is 9.53 Å². The molecule has 0 bridgehead atoms. The zero-order chi connectivity index (χ0) is 17.3. The van der Waals surface area contributed by atoms with Gasteiger partial charge in [0.05, 0.1) is 5.54 Å². The van der Waals surface area contributed by atoms with Crippen molar-refractivity contribution in [3.8, 4) is 0 Å². The second-order valence-corrected chi connectivity index (χ2v) is 7.58. The van der Waals surface area contributed by atoms with Crippen LogP contribution in [0.2, 0.25) is 0 Å². The molecule has 1 amide bonds. The quantitative estimate of drug-likeness (QED) is 0.844. The molecule has 1 aromatic rings. The number of hydrogen-bond donors (Lipinski definition) is 2. The summed E-state index contributed by atoms with van der Waals surface area (Å²) in [6.07, 6.45) is 7.45. The molecule has 7 heteroatoms. The summed E-state index contributed by atoms with van der Waals surface area (Å²) >= 11 is 0. The number of carbonyl (C=O) groups excluding carboxylic acids is 1. The van der Waals surface area contributed by atoms with Crippen molar-refractivity contribution in [2.45, 2.75) is 56.0 Å². The first-order valence-electron chi connectivity index (χ1n) is 9.39. The van der Waals surface area contributed by atoms with Crippen LogP contribution in [0.25, 0.3) is 0 Å². The molecule has 4 rings (SSSR count). The standard InChI is InChI=1S/C18H27N5O2/c19-18(6-1-7-18)16(24)21-14-3-9-23(12-14)17-20-8-2-15(22-17)13-4-10-25-11-5-13/h2,8,13-14H,1,3-7,9-12,19H2,(H,21,24). The fourth-order valence-electron chi connectivity index (χ4n) is 3.91. The molecule has 1 aliphatic carbocycles. The van der Waals surface area contributed by atoms with E-state index in [-0.39, 0.29) is 11.9 Å². The SMILES string of the molecule is NC1(C(=O)NC2CCN(c3nccc(C4CCOCC4)n3)C2)CCC1. The Morgan fingerprint density at radius 2 is 2.12 bits per heavy atom. The van der Waals surface area contributed by atoms with Crippen molar-refractivity contribution in [2.24, 2.45) is 5.73 Å². The van der Waals surface area contributed by atoms with E-state index in [0.717, 1.165) is 76.5 Å². The molecule has 3 aliphatic rings. The molecule has 1 saturated carbocycles. The van der Waals surface area contributed by atoms with E-state index in [1.807, 2.05) is 12.3 Å². The molecule has 0 aromatic carbocycles. The first-order valence-corrected chi connectivity index (χ1v) is 9.39. The van der Waals surface area contributed by atoms with Crippen molar-refractivity contribution >= 4 is 11.9 Å². The van der Waals surface area contributed by atoms with Crippen LogP contribution in [0.3, 0.4) is 0 Å². The van der Waals surface area contributed by atoms with Crippen LogP contribution in [0.4, 0.5) is 5.95 Å². The van der Waals surface area contributed by atoms with Crippen molar-refractivity contribution in [3.63, 3.8) is 0 Å². The van der Waals surface area contributed by atoms with E-state index in [2.05, 4.69) is 15.2 Å². The summed E-state index contributed by atoms with van der Waals surface area (Å²) in [5.41, 5.74) is 6.59. The summed E-state index contributed by atoms with van der Waals surface area (Å²) in [5, 5.41) is 3.12. The van der Waals surface area contributed by atoms with E-state index in [0.29, 0.717) is 5.92 Å². The molecule has 0 radical (unpaired) electrons. The summed E-state index contributed by atoms with van der Waals surface area (Å²) in [5.74, 6) is 1.23. The van der Waals surface area contributed by atoms with Gasteiger partial charge < -0.3 is 20.7 Å². The number of nitrogens with one attached hydrogen (secondary N) is 1. The molecule has 3 heterocycles. The minimum absolute atomic E-state index is 0.00229. The first-order chi connectivity index (χ1) is 12.1. The maximum absolute atomic E-state index is 12.3. The highest BCUT2D eigenvalue weighted by Crippen LogP contribution is 2.30. The average molecular weight is 345 g/mol. The molecular weight excluding hydrogens is 318 g/mol. The van der Waals surface area contributed by atoms with Crippen LogP contribution in [0, 0.1) is 0 Å². The monoisotopic (exact) mass is 345 g/mol. The maximum Gasteiger partial charge on any atom is 0.240 e. The van der Waals surface area contributed by atoms with Gasteiger partial charge in [0, 0.05) is 50.2 Å². The molecule has 1 atom stereocenters. The predicted molar refractivity (Wildman–Crippen MR) is 94.4 cm³/mol. The molecule has 2 aliphatic heterocycles. The molecule has 136 valence electrons. The van der Waals surface area contributed by atoms with Gasteiger partial charge in [0.2, 0.25) is 11.9 Å². The molecule has 1 aromatic heterocycles. The van der Waals surface area contributed by atoms with Crippen LogP contribution in [0.5, 0.6) is 0 Å².